The Hall–Kier alpha value is 0.554. The maximum Gasteiger partial charge on any atom is 0.0531 e. The van der Waals surface area contributed by atoms with Crippen LogP contribution in [-0.2, 0) is 21.7 Å². The summed E-state index contributed by atoms with van der Waals surface area (Å²) in [7, 11) is 0. The van der Waals surface area contributed by atoms with Gasteiger partial charge in [-0.2, -0.15) is 6.42 Å². The molecule has 0 unspecified atom stereocenters. The maximum absolute atomic E-state index is 8.66. The van der Waals surface area contributed by atoms with E-state index in [-0.39, 0.29) is 47.0 Å². The second kappa shape index (κ2) is 17.0. The van der Waals surface area contributed by atoms with Gasteiger partial charge in [-0.05, 0) is 6.42 Å². The third-order valence-corrected chi connectivity index (χ3v) is 2.11. The van der Waals surface area contributed by atoms with Crippen LogP contribution in [0.3, 0.4) is 0 Å². The molecule has 94 valence electrons. The normalized spacial score (nSPS) is 9.20. The van der Waals surface area contributed by atoms with Gasteiger partial charge in [-0.1, -0.05) is 20.3 Å². The van der Waals surface area contributed by atoms with Crippen molar-refractivity contribution >= 4 is 0 Å². The van der Waals surface area contributed by atoms with Gasteiger partial charge in [0, 0.05) is 27.1 Å². The zero-order valence-corrected chi connectivity index (χ0v) is 11.4. The van der Waals surface area contributed by atoms with Crippen molar-refractivity contribution in [2.24, 2.45) is 5.41 Å². The van der Waals surface area contributed by atoms with Crippen molar-refractivity contribution in [3.05, 3.63) is 6.92 Å². The molecule has 0 aliphatic carbocycles. The van der Waals surface area contributed by atoms with Crippen LogP contribution in [0.2, 0.25) is 0 Å². The Morgan fingerprint density at radius 2 is 1.27 bits per heavy atom. The van der Waals surface area contributed by atoms with Gasteiger partial charge in [0.05, 0.1) is 19.8 Å². The van der Waals surface area contributed by atoms with E-state index in [2.05, 4.69) is 13.8 Å². The van der Waals surface area contributed by atoms with Crippen molar-refractivity contribution in [3.8, 4) is 0 Å². The SMILES string of the molecule is CCC(CO)(CO)CO.O.[CH2-]CCC.[Ti]. The van der Waals surface area contributed by atoms with E-state index in [1.807, 2.05) is 6.92 Å². The number of aliphatic hydroxyl groups excluding tert-OH is 3. The summed E-state index contributed by atoms with van der Waals surface area (Å²) >= 11 is 0. The molecule has 0 spiro atoms. The zero-order chi connectivity index (χ0) is 10.7. The molecule has 0 amide bonds. The molecule has 0 fully saturated rings. The molecule has 15 heavy (non-hydrogen) atoms. The topological polar surface area (TPSA) is 92.2 Å². The molecule has 0 aliphatic heterocycles. The quantitative estimate of drug-likeness (QED) is 0.483. The molecule has 0 radical (unpaired) electrons. The Morgan fingerprint density at radius 3 is 1.27 bits per heavy atom. The molecular weight excluding hydrogens is 232 g/mol. The molecule has 0 bridgehead atoms. The second-order valence-corrected chi connectivity index (χ2v) is 3.18. The van der Waals surface area contributed by atoms with Gasteiger partial charge < -0.3 is 27.7 Å². The summed E-state index contributed by atoms with van der Waals surface area (Å²) in [6, 6.07) is 0. The van der Waals surface area contributed by atoms with Gasteiger partial charge in [0.15, 0.2) is 0 Å². The van der Waals surface area contributed by atoms with Crippen LogP contribution in [0, 0.1) is 12.3 Å². The number of unbranched alkanes of at least 4 members (excludes halogenated alkanes) is 1. The predicted octanol–water partition coefficient (Wildman–Crippen LogP) is 0.153. The second-order valence-electron chi connectivity index (χ2n) is 3.18. The van der Waals surface area contributed by atoms with Crippen LogP contribution < -0.4 is 0 Å². The fraction of sp³-hybridized carbons (Fsp3) is 0.900. The minimum atomic E-state index is -0.667. The van der Waals surface area contributed by atoms with Gasteiger partial charge >= 0.3 is 0 Å². The minimum absolute atomic E-state index is 0. The maximum atomic E-state index is 8.66. The first-order valence-electron chi connectivity index (χ1n) is 4.78. The van der Waals surface area contributed by atoms with Crippen molar-refractivity contribution in [1.82, 2.24) is 0 Å². The van der Waals surface area contributed by atoms with Crippen molar-refractivity contribution in [3.63, 3.8) is 0 Å². The molecule has 0 heterocycles. The Morgan fingerprint density at radius 1 is 1.00 bits per heavy atom. The first-order valence-corrected chi connectivity index (χ1v) is 4.78. The number of aliphatic hydroxyl groups is 3. The van der Waals surface area contributed by atoms with Crippen molar-refractivity contribution < 1.29 is 42.5 Å². The van der Waals surface area contributed by atoms with Crippen LogP contribution in [0.25, 0.3) is 0 Å². The van der Waals surface area contributed by atoms with Gasteiger partial charge in [-0.3, -0.25) is 0 Å². The van der Waals surface area contributed by atoms with E-state index in [1.54, 1.807) is 0 Å². The molecule has 0 saturated carbocycles. The monoisotopic (exact) mass is 257 g/mol. The van der Waals surface area contributed by atoms with Gasteiger partial charge in [0.2, 0.25) is 0 Å². The smallest absolute Gasteiger partial charge is 0.0531 e. The molecular formula is C10H25O4Ti-. The number of hydrogen-bond acceptors (Lipinski definition) is 3. The zero-order valence-electron chi connectivity index (χ0n) is 9.79. The summed E-state index contributed by atoms with van der Waals surface area (Å²) in [5.41, 5.74) is -0.667. The van der Waals surface area contributed by atoms with Crippen LogP contribution in [0.4, 0.5) is 0 Å². The van der Waals surface area contributed by atoms with E-state index >= 15 is 0 Å². The van der Waals surface area contributed by atoms with Crippen LogP contribution in [0.5, 0.6) is 0 Å². The molecule has 5 heteroatoms. The van der Waals surface area contributed by atoms with Gasteiger partial charge in [-0.25, -0.2) is 0 Å². The molecule has 0 saturated heterocycles. The van der Waals surface area contributed by atoms with Gasteiger partial charge in [-0.15, -0.1) is 0 Å². The summed E-state index contributed by atoms with van der Waals surface area (Å²) in [5.74, 6) is 0. The van der Waals surface area contributed by atoms with Crippen molar-refractivity contribution in [1.29, 1.82) is 0 Å². The summed E-state index contributed by atoms with van der Waals surface area (Å²) in [6.45, 7) is 7.08. The summed E-state index contributed by atoms with van der Waals surface area (Å²) in [6.07, 6.45) is 2.87. The largest absolute Gasteiger partial charge is 0.412 e. The number of rotatable bonds is 5. The van der Waals surface area contributed by atoms with Crippen LogP contribution in [0.1, 0.15) is 33.1 Å². The Balaban J connectivity index is -0.0000000883. The molecule has 0 aromatic rings. The van der Waals surface area contributed by atoms with Crippen molar-refractivity contribution in [2.75, 3.05) is 19.8 Å². The van der Waals surface area contributed by atoms with Crippen molar-refractivity contribution in [2.45, 2.75) is 33.1 Å². The average molecular weight is 257 g/mol. The van der Waals surface area contributed by atoms with E-state index in [0.29, 0.717) is 6.42 Å². The third-order valence-electron chi connectivity index (χ3n) is 2.11. The predicted molar refractivity (Wildman–Crippen MR) is 57.9 cm³/mol. The van der Waals surface area contributed by atoms with Crippen LogP contribution >= 0.6 is 0 Å². The van der Waals surface area contributed by atoms with Gasteiger partial charge in [0.25, 0.3) is 0 Å². The minimum Gasteiger partial charge on any atom is -0.412 e. The fourth-order valence-corrected chi connectivity index (χ4v) is 0.485. The Bertz CT molecular complexity index is 77.9. The Kier molecular flexibility index (Phi) is 27.9. The number of hydrogen-bond donors (Lipinski definition) is 3. The molecule has 0 rings (SSSR count). The van der Waals surface area contributed by atoms with Crippen LogP contribution in [-0.4, -0.2) is 40.6 Å². The molecule has 0 aliphatic rings. The van der Waals surface area contributed by atoms with E-state index in [9.17, 15) is 0 Å². The molecule has 0 aromatic heterocycles. The van der Waals surface area contributed by atoms with E-state index in [4.69, 9.17) is 15.3 Å². The summed E-state index contributed by atoms with van der Waals surface area (Å²) in [5, 5.41) is 26.0. The molecule has 0 aromatic carbocycles. The van der Waals surface area contributed by atoms with Crippen LogP contribution in [0.15, 0.2) is 0 Å². The Labute approximate surface area is 108 Å². The van der Waals surface area contributed by atoms with Gasteiger partial charge in [0.1, 0.15) is 0 Å². The summed E-state index contributed by atoms with van der Waals surface area (Å²) in [4.78, 5) is 0. The first-order chi connectivity index (χ1) is 6.16. The molecule has 5 N–H and O–H groups in total. The van der Waals surface area contributed by atoms with E-state index < -0.39 is 5.41 Å². The molecule has 0 atom stereocenters. The third kappa shape index (κ3) is 12.5. The summed E-state index contributed by atoms with van der Waals surface area (Å²) < 4.78 is 0. The first kappa shape index (κ1) is 24.7. The molecule has 4 nitrogen and oxygen atoms in total. The van der Waals surface area contributed by atoms with E-state index in [0.717, 1.165) is 6.42 Å². The standard InChI is InChI=1S/C6H14O3.C4H9.H2O.Ti/c1-2-6(3-7,4-8)5-9;1-3-4-2;;/h7-9H,2-5H2,1H3;1,3-4H2,2H3;1H2;/q;-1;;. The average Bonchev–Trinajstić information content (AvgIpc) is 2.23. The van der Waals surface area contributed by atoms with E-state index in [1.165, 1.54) is 6.42 Å². The fourth-order valence-electron chi connectivity index (χ4n) is 0.485.